The van der Waals surface area contributed by atoms with E-state index in [-0.39, 0.29) is 5.38 Å². The minimum Gasteiger partial charge on any atom is -0.490 e. The highest BCUT2D eigenvalue weighted by Crippen LogP contribution is 2.29. The molecule has 1 rings (SSSR count). The van der Waals surface area contributed by atoms with Crippen molar-refractivity contribution in [3.8, 4) is 11.5 Å². The van der Waals surface area contributed by atoms with Gasteiger partial charge in [0, 0.05) is 5.38 Å². The Balaban J connectivity index is 2.59. The van der Waals surface area contributed by atoms with Crippen LogP contribution in [0.25, 0.3) is 0 Å². The third-order valence-electron chi connectivity index (χ3n) is 3.08. The fraction of sp³-hybridized carbons (Fsp3) is 0.647. The second-order valence-electron chi connectivity index (χ2n) is 5.11. The Labute approximate surface area is 128 Å². The fourth-order valence-corrected chi connectivity index (χ4v) is 2.28. The summed E-state index contributed by atoms with van der Waals surface area (Å²) in [4.78, 5) is 0. The van der Waals surface area contributed by atoms with E-state index in [0.29, 0.717) is 6.61 Å². The van der Waals surface area contributed by atoms with Crippen LogP contribution >= 0.6 is 11.6 Å². The summed E-state index contributed by atoms with van der Waals surface area (Å²) in [6, 6.07) is 6.12. The lowest BCUT2D eigenvalue weighted by molar-refractivity contribution is 0.270. The maximum Gasteiger partial charge on any atom is 0.161 e. The smallest absolute Gasteiger partial charge is 0.161 e. The van der Waals surface area contributed by atoms with Gasteiger partial charge in [0.1, 0.15) is 0 Å². The predicted octanol–water partition coefficient (Wildman–Crippen LogP) is 5.21. The topological polar surface area (TPSA) is 18.5 Å². The molecule has 0 aliphatic carbocycles. The van der Waals surface area contributed by atoms with Crippen molar-refractivity contribution in [1.82, 2.24) is 0 Å². The zero-order valence-electron chi connectivity index (χ0n) is 13.0. The SMILES string of the molecule is CCCCCCOc1ccc(CC(C)Cl)cc1OCC. The van der Waals surface area contributed by atoms with Gasteiger partial charge in [-0.15, -0.1) is 11.6 Å². The average molecular weight is 299 g/mol. The van der Waals surface area contributed by atoms with Crippen LogP contribution in [0.2, 0.25) is 0 Å². The summed E-state index contributed by atoms with van der Waals surface area (Å²) in [5, 5.41) is 0.130. The molecule has 1 aromatic rings. The normalized spacial score (nSPS) is 12.2. The zero-order valence-corrected chi connectivity index (χ0v) is 13.7. The van der Waals surface area contributed by atoms with Gasteiger partial charge in [-0.3, -0.25) is 0 Å². The first kappa shape index (κ1) is 17.2. The summed E-state index contributed by atoms with van der Waals surface area (Å²) in [6.07, 6.45) is 5.68. The second kappa shape index (κ2) is 9.93. The van der Waals surface area contributed by atoms with Gasteiger partial charge in [-0.1, -0.05) is 32.3 Å². The molecule has 0 saturated heterocycles. The van der Waals surface area contributed by atoms with E-state index >= 15 is 0 Å². The summed E-state index contributed by atoms with van der Waals surface area (Å²) >= 11 is 6.04. The molecule has 20 heavy (non-hydrogen) atoms. The highest BCUT2D eigenvalue weighted by atomic mass is 35.5. The number of unbranched alkanes of at least 4 members (excludes halogenated alkanes) is 3. The van der Waals surface area contributed by atoms with Crippen LogP contribution in [0.4, 0.5) is 0 Å². The Morgan fingerprint density at radius 1 is 1.05 bits per heavy atom. The summed E-state index contributed by atoms with van der Waals surface area (Å²) in [7, 11) is 0. The first-order valence-electron chi connectivity index (χ1n) is 7.70. The van der Waals surface area contributed by atoms with Crippen LogP contribution in [-0.4, -0.2) is 18.6 Å². The Hall–Kier alpha value is -0.890. The van der Waals surface area contributed by atoms with E-state index in [4.69, 9.17) is 21.1 Å². The molecule has 0 aliphatic heterocycles. The van der Waals surface area contributed by atoms with Crippen molar-refractivity contribution >= 4 is 11.6 Å². The maximum absolute atomic E-state index is 6.04. The molecule has 1 unspecified atom stereocenters. The number of benzene rings is 1. The van der Waals surface area contributed by atoms with Gasteiger partial charge >= 0.3 is 0 Å². The van der Waals surface area contributed by atoms with E-state index in [1.165, 1.54) is 24.8 Å². The molecule has 0 bridgehead atoms. The van der Waals surface area contributed by atoms with E-state index in [2.05, 4.69) is 13.0 Å². The molecule has 0 spiro atoms. The van der Waals surface area contributed by atoms with Crippen molar-refractivity contribution in [3.05, 3.63) is 23.8 Å². The monoisotopic (exact) mass is 298 g/mol. The van der Waals surface area contributed by atoms with Crippen LogP contribution in [0.5, 0.6) is 11.5 Å². The van der Waals surface area contributed by atoms with Gasteiger partial charge in [0.05, 0.1) is 13.2 Å². The van der Waals surface area contributed by atoms with Crippen molar-refractivity contribution in [3.63, 3.8) is 0 Å². The molecular formula is C17H27ClO2. The molecule has 0 fully saturated rings. The van der Waals surface area contributed by atoms with E-state index in [1.807, 2.05) is 26.0 Å². The van der Waals surface area contributed by atoms with Gasteiger partial charge in [-0.05, 0) is 44.4 Å². The highest BCUT2D eigenvalue weighted by Gasteiger charge is 2.08. The summed E-state index contributed by atoms with van der Waals surface area (Å²) in [5.41, 5.74) is 1.19. The molecule has 3 heteroatoms. The van der Waals surface area contributed by atoms with E-state index in [9.17, 15) is 0 Å². The van der Waals surface area contributed by atoms with E-state index in [0.717, 1.165) is 30.9 Å². The van der Waals surface area contributed by atoms with E-state index in [1.54, 1.807) is 0 Å². The van der Waals surface area contributed by atoms with Crippen LogP contribution in [0, 0.1) is 0 Å². The highest BCUT2D eigenvalue weighted by molar-refractivity contribution is 6.20. The van der Waals surface area contributed by atoms with Crippen LogP contribution < -0.4 is 9.47 Å². The summed E-state index contributed by atoms with van der Waals surface area (Å²) in [5.74, 6) is 1.67. The molecule has 0 aliphatic rings. The minimum absolute atomic E-state index is 0.130. The number of alkyl halides is 1. The second-order valence-corrected chi connectivity index (χ2v) is 5.85. The quantitative estimate of drug-likeness (QED) is 0.436. The van der Waals surface area contributed by atoms with Crippen LogP contribution in [-0.2, 0) is 6.42 Å². The zero-order chi connectivity index (χ0) is 14.8. The number of rotatable bonds is 10. The lowest BCUT2D eigenvalue weighted by Crippen LogP contribution is -2.03. The van der Waals surface area contributed by atoms with Gasteiger partial charge in [0.15, 0.2) is 11.5 Å². The van der Waals surface area contributed by atoms with Gasteiger partial charge in [0.25, 0.3) is 0 Å². The largest absolute Gasteiger partial charge is 0.490 e. The summed E-state index contributed by atoms with van der Waals surface area (Å²) < 4.78 is 11.5. The van der Waals surface area contributed by atoms with Crippen molar-refractivity contribution < 1.29 is 9.47 Å². The Bertz CT molecular complexity index is 377. The molecule has 1 atom stereocenters. The van der Waals surface area contributed by atoms with E-state index < -0.39 is 0 Å². The first-order valence-corrected chi connectivity index (χ1v) is 8.13. The van der Waals surface area contributed by atoms with Gasteiger partial charge in [-0.2, -0.15) is 0 Å². The number of hydrogen-bond donors (Lipinski definition) is 0. The Kier molecular flexibility index (Phi) is 8.52. The summed E-state index contributed by atoms with van der Waals surface area (Å²) in [6.45, 7) is 7.60. The van der Waals surface area contributed by atoms with Crippen molar-refractivity contribution in [2.45, 2.75) is 58.3 Å². The third kappa shape index (κ3) is 6.51. The molecule has 2 nitrogen and oxygen atoms in total. The molecule has 0 aromatic heterocycles. The first-order chi connectivity index (χ1) is 9.67. The van der Waals surface area contributed by atoms with Crippen LogP contribution in [0.1, 0.15) is 52.0 Å². The Morgan fingerprint density at radius 2 is 1.85 bits per heavy atom. The molecular weight excluding hydrogens is 272 g/mol. The lowest BCUT2D eigenvalue weighted by Gasteiger charge is -2.14. The lowest BCUT2D eigenvalue weighted by atomic mass is 10.1. The Morgan fingerprint density at radius 3 is 2.50 bits per heavy atom. The molecule has 0 N–H and O–H groups in total. The number of hydrogen-bond acceptors (Lipinski definition) is 2. The molecule has 0 radical (unpaired) electrons. The minimum atomic E-state index is 0.130. The standard InChI is InChI=1S/C17H27ClO2/c1-4-6-7-8-11-20-16-10-9-15(12-14(3)18)13-17(16)19-5-2/h9-10,13-14H,4-8,11-12H2,1-3H3. The molecule has 0 amide bonds. The number of halogens is 1. The van der Waals surface area contributed by atoms with Gasteiger partial charge in [0.2, 0.25) is 0 Å². The van der Waals surface area contributed by atoms with Crippen LogP contribution in [0.15, 0.2) is 18.2 Å². The van der Waals surface area contributed by atoms with Gasteiger partial charge < -0.3 is 9.47 Å². The predicted molar refractivity (Wildman–Crippen MR) is 86.3 cm³/mol. The van der Waals surface area contributed by atoms with Crippen molar-refractivity contribution in [2.75, 3.05) is 13.2 Å². The molecule has 1 aromatic carbocycles. The van der Waals surface area contributed by atoms with Crippen LogP contribution in [0.3, 0.4) is 0 Å². The molecule has 0 saturated carbocycles. The van der Waals surface area contributed by atoms with Gasteiger partial charge in [-0.25, -0.2) is 0 Å². The van der Waals surface area contributed by atoms with Crippen molar-refractivity contribution in [2.24, 2.45) is 0 Å². The average Bonchev–Trinajstić information content (AvgIpc) is 2.40. The maximum atomic E-state index is 6.04. The molecule has 0 heterocycles. The molecule has 114 valence electrons. The number of ether oxygens (including phenoxy) is 2. The third-order valence-corrected chi connectivity index (χ3v) is 3.23. The van der Waals surface area contributed by atoms with Crippen molar-refractivity contribution in [1.29, 1.82) is 0 Å². The fourth-order valence-electron chi connectivity index (χ4n) is 2.10.